The lowest BCUT2D eigenvalue weighted by molar-refractivity contribution is 0.171. The summed E-state index contributed by atoms with van der Waals surface area (Å²) < 4.78 is 16.8. The van der Waals surface area contributed by atoms with Crippen molar-refractivity contribution in [1.82, 2.24) is 9.97 Å². The van der Waals surface area contributed by atoms with Crippen LogP contribution in [0.15, 0.2) is 16.6 Å². The first-order valence-electron chi connectivity index (χ1n) is 5.87. The Bertz CT molecular complexity index is 668. The van der Waals surface area contributed by atoms with Crippen LogP contribution in [0.2, 0.25) is 0 Å². The monoisotopic (exact) mass is 337 g/mol. The van der Waals surface area contributed by atoms with E-state index in [0.717, 1.165) is 11.3 Å². The second kappa shape index (κ2) is 4.82. The number of nitrogens with two attached hydrogens (primary N) is 1. The van der Waals surface area contributed by atoms with Gasteiger partial charge in [0, 0.05) is 5.56 Å². The highest BCUT2D eigenvalue weighted by Crippen LogP contribution is 2.43. The highest BCUT2D eigenvalue weighted by molar-refractivity contribution is 9.10. The van der Waals surface area contributed by atoms with Crippen molar-refractivity contribution >= 4 is 21.7 Å². The van der Waals surface area contributed by atoms with Gasteiger partial charge in [-0.05, 0) is 35.0 Å². The van der Waals surface area contributed by atoms with Gasteiger partial charge in [0.25, 0.3) is 0 Å². The smallest absolute Gasteiger partial charge is 0.231 e. The summed E-state index contributed by atoms with van der Waals surface area (Å²) in [5.41, 5.74) is 7.38. The molecular weight excluding hydrogens is 326 g/mol. The first kappa shape index (κ1) is 13.0. The summed E-state index contributed by atoms with van der Waals surface area (Å²) in [4.78, 5) is 8.69. The molecule has 0 atom stereocenters. The molecule has 2 N–H and O–H groups in total. The molecule has 0 fully saturated rings. The lowest BCUT2D eigenvalue weighted by atomic mass is 10.1. The summed E-state index contributed by atoms with van der Waals surface area (Å²) in [5, 5.41) is 0. The summed E-state index contributed by atoms with van der Waals surface area (Å²) in [7, 11) is 1.57. The molecule has 0 spiro atoms. The molecule has 20 heavy (non-hydrogen) atoms. The Kier molecular flexibility index (Phi) is 3.13. The number of hydrogen-bond acceptors (Lipinski definition) is 6. The summed E-state index contributed by atoms with van der Waals surface area (Å²) in [6.45, 7) is 2.04. The van der Waals surface area contributed by atoms with Crippen molar-refractivity contribution in [2.75, 3.05) is 19.6 Å². The molecule has 1 aromatic carbocycles. The Labute approximate surface area is 124 Å². The topological polar surface area (TPSA) is 79.5 Å². The highest BCUT2D eigenvalue weighted by Gasteiger charge is 2.21. The van der Waals surface area contributed by atoms with E-state index in [2.05, 4.69) is 25.9 Å². The number of nitrogen functional groups attached to an aromatic ring is 1. The third-order valence-electron chi connectivity index (χ3n) is 2.96. The molecule has 1 aliphatic heterocycles. The zero-order chi connectivity index (χ0) is 14.3. The van der Waals surface area contributed by atoms with Gasteiger partial charge in [0.15, 0.2) is 17.3 Å². The molecule has 0 radical (unpaired) electrons. The van der Waals surface area contributed by atoms with Crippen molar-refractivity contribution in [1.29, 1.82) is 0 Å². The van der Waals surface area contributed by atoms with Crippen molar-refractivity contribution in [2.24, 2.45) is 0 Å². The molecule has 0 aliphatic carbocycles. The Morgan fingerprint density at radius 2 is 2.10 bits per heavy atom. The van der Waals surface area contributed by atoms with Crippen LogP contribution >= 0.6 is 15.9 Å². The summed E-state index contributed by atoms with van der Waals surface area (Å²) in [6.07, 6.45) is 0. The molecule has 6 nitrogen and oxygen atoms in total. The molecule has 2 aromatic rings. The van der Waals surface area contributed by atoms with Gasteiger partial charge in [-0.2, -0.15) is 0 Å². The predicted octanol–water partition coefficient (Wildman–Crippen LogP) is 2.53. The summed E-state index contributed by atoms with van der Waals surface area (Å²) in [6, 6.07) is 3.61. The Morgan fingerprint density at radius 3 is 2.80 bits per heavy atom. The minimum Gasteiger partial charge on any atom is -0.493 e. The van der Waals surface area contributed by atoms with Crippen molar-refractivity contribution < 1.29 is 14.2 Å². The number of benzene rings is 1. The Morgan fingerprint density at radius 1 is 1.30 bits per heavy atom. The largest absolute Gasteiger partial charge is 0.493 e. The van der Waals surface area contributed by atoms with Crippen LogP contribution < -0.4 is 19.9 Å². The molecule has 0 amide bonds. The average Bonchev–Trinajstić information content (AvgIpc) is 2.91. The molecule has 1 aliphatic rings. The van der Waals surface area contributed by atoms with Gasteiger partial charge in [0.1, 0.15) is 5.82 Å². The molecule has 104 valence electrons. The number of halogens is 1. The Hall–Kier alpha value is -2.02. The SMILES string of the molecule is COc1cc(-c2nc(C)c(Br)c(N)n2)cc2c1OCO2. The first-order chi connectivity index (χ1) is 9.60. The lowest BCUT2D eigenvalue weighted by Crippen LogP contribution is -2.00. The second-order valence-corrected chi connectivity index (χ2v) is 5.04. The van der Waals surface area contributed by atoms with Crippen LogP contribution in [0, 0.1) is 6.92 Å². The minimum atomic E-state index is 0.178. The number of fused-ring (bicyclic) bond motifs is 1. The fourth-order valence-corrected chi connectivity index (χ4v) is 2.15. The van der Waals surface area contributed by atoms with Crippen molar-refractivity contribution in [3.05, 3.63) is 22.3 Å². The van der Waals surface area contributed by atoms with E-state index < -0.39 is 0 Å². The van der Waals surface area contributed by atoms with Crippen molar-refractivity contribution in [2.45, 2.75) is 6.92 Å². The van der Waals surface area contributed by atoms with Crippen LogP contribution in [0.1, 0.15) is 5.69 Å². The zero-order valence-corrected chi connectivity index (χ0v) is 12.5. The van der Waals surface area contributed by atoms with E-state index in [0.29, 0.717) is 33.4 Å². The number of ether oxygens (including phenoxy) is 3. The standard InChI is InChI=1S/C13H12BrN3O3/c1-6-10(14)12(15)17-13(16-6)7-3-8(18-2)11-9(4-7)19-5-20-11/h3-4H,5H2,1-2H3,(H2,15,16,17). The molecule has 0 bridgehead atoms. The lowest BCUT2D eigenvalue weighted by Gasteiger charge is -2.09. The van der Waals surface area contributed by atoms with Crippen LogP contribution in [-0.4, -0.2) is 23.9 Å². The number of aromatic nitrogens is 2. The van der Waals surface area contributed by atoms with Crippen LogP contribution in [0.4, 0.5) is 5.82 Å². The molecule has 0 saturated carbocycles. The third kappa shape index (κ3) is 2.03. The van der Waals surface area contributed by atoms with E-state index in [1.54, 1.807) is 13.2 Å². The fourth-order valence-electron chi connectivity index (χ4n) is 1.97. The summed E-state index contributed by atoms with van der Waals surface area (Å²) >= 11 is 3.34. The molecule has 3 rings (SSSR count). The number of anilines is 1. The van der Waals surface area contributed by atoms with Gasteiger partial charge < -0.3 is 19.9 Å². The molecule has 0 saturated heterocycles. The van der Waals surface area contributed by atoms with Crippen LogP contribution in [0.5, 0.6) is 17.2 Å². The van der Waals surface area contributed by atoms with E-state index in [-0.39, 0.29) is 6.79 Å². The normalized spacial score (nSPS) is 12.6. The summed E-state index contributed by atoms with van der Waals surface area (Å²) in [5.74, 6) is 2.70. The number of rotatable bonds is 2. The van der Waals surface area contributed by atoms with Crippen molar-refractivity contribution in [3.8, 4) is 28.6 Å². The number of nitrogens with zero attached hydrogens (tertiary/aromatic N) is 2. The maximum absolute atomic E-state index is 5.86. The van der Waals surface area contributed by atoms with Crippen molar-refractivity contribution in [3.63, 3.8) is 0 Å². The van der Waals surface area contributed by atoms with E-state index >= 15 is 0 Å². The molecule has 0 unspecified atom stereocenters. The second-order valence-electron chi connectivity index (χ2n) is 4.24. The quantitative estimate of drug-likeness (QED) is 0.906. The maximum Gasteiger partial charge on any atom is 0.231 e. The number of methoxy groups -OCH3 is 1. The van der Waals surface area contributed by atoms with E-state index in [4.69, 9.17) is 19.9 Å². The van der Waals surface area contributed by atoms with Crippen LogP contribution in [0.3, 0.4) is 0 Å². The number of aryl methyl sites for hydroxylation is 1. The van der Waals surface area contributed by atoms with Gasteiger partial charge in [-0.1, -0.05) is 0 Å². The van der Waals surface area contributed by atoms with Gasteiger partial charge in [0.2, 0.25) is 12.5 Å². The molecule has 2 heterocycles. The minimum absolute atomic E-state index is 0.178. The third-order valence-corrected chi connectivity index (χ3v) is 3.94. The Balaban J connectivity index is 2.16. The van der Waals surface area contributed by atoms with Crippen LogP contribution in [-0.2, 0) is 0 Å². The van der Waals surface area contributed by atoms with Gasteiger partial charge >= 0.3 is 0 Å². The highest BCUT2D eigenvalue weighted by atomic mass is 79.9. The molecular formula is C13H12BrN3O3. The first-order valence-corrected chi connectivity index (χ1v) is 6.67. The van der Waals surface area contributed by atoms with Gasteiger partial charge in [-0.15, -0.1) is 0 Å². The molecule has 1 aromatic heterocycles. The maximum atomic E-state index is 5.86. The zero-order valence-electron chi connectivity index (χ0n) is 10.9. The predicted molar refractivity (Wildman–Crippen MR) is 77.0 cm³/mol. The van der Waals surface area contributed by atoms with E-state index in [1.165, 1.54) is 0 Å². The van der Waals surface area contributed by atoms with Gasteiger partial charge in [0.05, 0.1) is 17.3 Å². The number of hydrogen-bond donors (Lipinski definition) is 1. The van der Waals surface area contributed by atoms with Gasteiger partial charge in [-0.3, -0.25) is 0 Å². The molecule has 7 heteroatoms. The fraction of sp³-hybridized carbons (Fsp3) is 0.231. The van der Waals surface area contributed by atoms with Gasteiger partial charge in [-0.25, -0.2) is 9.97 Å². The van der Waals surface area contributed by atoms with E-state index in [9.17, 15) is 0 Å². The van der Waals surface area contributed by atoms with E-state index in [1.807, 2.05) is 13.0 Å². The average molecular weight is 338 g/mol. The van der Waals surface area contributed by atoms with Crippen LogP contribution in [0.25, 0.3) is 11.4 Å².